The molecule has 0 amide bonds. The van der Waals surface area contributed by atoms with Crippen molar-refractivity contribution in [3.63, 3.8) is 0 Å². The van der Waals surface area contributed by atoms with E-state index >= 15 is 0 Å². The van der Waals surface area contributed by atoms with Gasteiger partial charge in [0, 0.05) is 8.59 Å². The molecular formula is C17H19ClINO. The third-order valence-electron chi connectivity index (χ3n) is 3.20. The highest BCUT2D eigenvalue weighted by molar-refractivity contribution is 14.1. The van der Waals surface area contributed by atoms with Gasteiger partial charge in [0.05, 0.1) is 12.6 Å². The van der Waals surface area contributed by atoms with Crippen molar-refractivity contribution in [3.05, 3.63) is 62.2 Å². The van der Waals surface area contributed by atoms with Gasteiger partial charge in [-0.05, 0) is 77.5 Å². The van der Waals surface area contributed by atoms with Gasteiger partial charge in [0.15, 0.2) is 0 Å². The van der Waals surface area contributed by atoms with Gasteiger partial charge in [0.25, 0.3) is 0 Å². The van der Waals surface area contributed by atoms with E-state index in [9.17, 15) is 0 Å². The van der Waals surface area contributed by atoms with Crippen LogP contribution >= 0.6 is 34.2 Å². The van der Waals surface area contributed by atoms with E-state index in [4.69, 9.17) is 16.3 Å². The maximum Gasteiger partial charge on any atom is 0.119 e. The van der Waals surface area contributed by atoms with Crippen molar-refractivity contribution < 1.29 is 4.74 Å². The van der Waals surface area contributed by atoms with Crippen LogP contribution in [0.15, 0.2) is 42.5 Å². The lowest BCUT2D eigenvalue weighted by Gasteiger charge is -2.21. The zero-order valence-electron chi connectivity index (χ0n) is 12.2. The van der Waals surface area contributed by atoms with Gasteiger partial charge >= 0.3 is 0 Å². The molecule has 0 aliphatic heterocycles. The Balaban J connectivity index is 2.35. The summed E-state index contributed by atoms with van der Waals surface area (Å²) in [7, 11) is 0. The first-order valence-corrected chi connectivity index (χ1v) is 8.52. The molecule has 2 aromatic carbocycles. The Kier molecular flexibility index (Phi) is 6.33. The highest BCUT2D eigenvalue weighted by Gasteiger charge is 2.16. The summed E-state index contributed by atoms with van der Waals surface area (Å²) in [6, 6.07) is 14.4. The van der Waals surface area contributed by atoms with Crippen molar-refractivity contribution in [1.29, 1.82) is 0 Å². The van der Waals surface area contributed by atoms with E-state index in [2.05, 4.69) is 53.0 Å². The van der Waals surface area contributed by atoms with Gasteiger partial charge in [-0.2, -0.15) is 0 Å². The molecule has 1 unspecified atom stereocenters. The Bertz CT molecular complexity index is 586. The molecule has 2 aromatic rings. The van der Waals surface area contributed by atoms with Crippen LogP contribution in [0, 0.1) is 3.57 Å². The summed E-state index contributed by atoms with van der Waals surface area (Å²) in [4.78, 5) is 0. The maximum atomic E-state index is 6.16. The van der Waals surface area contributed by atoms with E-state index in [0.717, 1.165) is 17.3 Å². The second-order valence-electron chi connectivity index (χ2n) is 4.66. The molecule has 1 atom stereocenters. The summed E-state index contributed by atoms with van der Waals surface area (Å²) < 4.78 is 6.71. The van der Waals surface area contributed by atoms with Gasteiger partial charge in [0.2, 0.25) is 0 Å². The van der Waals surface area contributed by atoms with Crippen LogP contribution in [0.4, 0.5) is 0 Å². The van der Waals surface area contributed by atoms with Crippen LogP contribution < -0.4 is 10.1 Å². The molecule has 0 aromatic heterocycles. The van der Waals surface area contributed by atoms with Crippen LogP contribution in [0.5, 0.6) is 5.75 Å². The minimum atomic E-state index is 0.135. The van der Waals surface area contributed by atoms with Crippen LogP contribution in [0.1, 0.15) is 31.0 Å². The molecule has 2 rings (SSSR count). The number of halogens is 2. The average Bonchev–Trinajstić information content (AvgIpc) is 2.49. The van der Waals surface area contributed by atoms with Crippen LogP contribution in [0.25, 0.3) is 0 Å². The van der Waals surface area contributed by atoms with Crippen molar-refractivity contribution in [2.45, 2.75) is 19.9 Å². The molecule has 2 nitrogen and oxygen atoms in total. The monoisotopic (exact) mass is 415 g/mol. The molecule has 0 radical (unpaired) electrons. The quantitative estimate of drug-likeness (QED) is 0.667. The van der Waals surface area contributed by atoms with Gasteiger partial charge in [-0.15, -0.1) is 0 Å². The summed E-state index contributed by atoms with van der Waals surface area (Å²) in [5.74, 6) is 0.900. The van der Waals surface area contributed by atoms with Crippen molar-refractivity contribution in [2.24, 2.45) is 0 Å². The van der Waals surface area contributed by atoms with Gasteiger partial charge < -0.3 is 10.1 Å². The molecule has 4 heteroatoms. The molecule has 0 saturated heterocycles. The van der Waals surface area contributed by atoms with Crippen molar-refractivity contribution in [2.75, 3.05) is 13.2 Å². The van der Waals surface area contributed by atoms with Gasteiger partial charge in [-0.1, -0.05) is 30.7 Å². The molecule has 0 heterocycles. The Hall–Kier alpha value is -0.780. The Morgan fingerprint density at radius 3 is 2.48 bits per heavy atom. The van der Waals surface area contributed by atoms with E-state index in [0.29, 0.717) is 6.61 Å². The topological polar surface area (TPSA) is 21.3 Å². The zero-order valence-corrected chi connectivity index (χ0v) is 15.1. The minimum absolute atomic E-state index is 0.135. The van der Waals surface area contributed by atoms with E-state index in [-0.39, 0.29) is 6.04 Å². The minimum Gasteiger partial charge on any atom is -0.494 e. The fourth-order valence-electron chi connectivity index (χ4n) is 2.27. The number of hydrogen-bond donors (Lipinski definition) is 1. The summed E-state index contributed by atoms with van der Waals surface area (Å²) in [5, 5.41) is 4.29. The molecule has 0 aliphatic rings. The largest absolute Gasteiger partial charge is 0.494 e. The molecule has 0 fully saturated rings. The Morgan fingerprint density at radius 1 is 1.14 bits per heavy atom. The number of ether oxygens (including phenoxy) is 1. The molecule has 112 valence electrons. The number of benzene rings is 2. The molecule has 0 aliphatic carbocycles. The van der Waals surface area contributed by atoms with Crippen LogP contribution in [0.2, 0.25) is 5.02 Å². The zero-order chi connectivity index (χ0) is 15.2. The summed E-state index contributed by atoms with van der Waals surface area (Å²) >= 11 is 8.52. The number of nitrogens with one attached hydrogen (secondary N) is 1. The fourth-order valence-corrected chi connectivity index (χ4v) is 3.10. The van der Waals surface area contributed by atoms with Crippen molar-refractivity contribution >= 4 is 34.2 Å². The lowest BCUT2D eigenvalue weighted by Crippen LogP contribution is -2.22. The number of rotatable bonds is 6. The smallest absolute Gasteiger partial charge is 0.119 e. The molecule has 0 bridgehead atoms. The molecule has 1 N–H and O–H groups in total. The second kappa shape index (κ2) is 8.01. The summed E-state index contributed by atoms with van der Waals surface area (Å²) in [5.41, 5.74) is 2.41. The Labute approximate surface area is 145 Å². The molecule has 0 saturated carbocycles. The van der Waals surface area contributed by atoms with Gasteiger partial charge in [0.1, 0.15) is 5.75 Å². The molecule has 0 spiro atoms. The second-order valence-corrected chi connectivity index (χ2v) is 6.26. The summed E-state index contributed by atoms with van der Waals surface area (Å²) in [6.45, 7) is 5.67. The number of hydrogen-bond acceptors (Lipinski definition) is 2. The Morgan fingerprint density at radius 2 is 1.86 bits per heavy atom. The highest BCUT2D eigenvalue weighted by Crippen LogP contribution is 2.29. The highest BCUT2D eigenvalue weighted by atomic mass is 127. The molecular weight excluding hydrogens is 397 g/mol. The lowest BCUT2D eigenvalue weighted by molar-refractivity contribution is 0.340. The van der Waals surface area contributed by atoms with E-state index in [1.165, 1.54) is 14.7 Å². The van der Waals surface area contributed by atoms with Crippen molar-refractivity contribution in [1.82, 2.24) is 5.32 Å². The summed E-state index contributed by atoms with van der Waals surface area (Å²) in [6.07, 6.45) is 0. The van der Waals surface area contributed by atoms with Crippen LogP contribution in [-0.2, 0) is 0 Å². The first-order valence-electron chi connectivity index (χ1n) is 7.06. The normalized spacial score (nSPS) is 12.2. The van der Waals surface area contributed by atoms with E-state index < -0.39 is 0 Å². The first kappa shape index (κ1) is 16.6. The third kappa shape index (κ3) is 4.34. The maximum absolute atomic E-state index is 6.16. The lowest BCUT2D eigenvalue weighted by atomic mass is 9.98. The predicted octanol–water partition coefficient (Wildman–Crippen LogP) is 5.04. The molecule has 21 heavy (non-hydrogen) atoms. The van der Waals surface area contributed by atoms with Crippen LogP contribution in [-0.4, -0.2) is 13.2 Å². The van der Waals surface area contributed by atoms with Crippen LogP contribution in [0.3, 0.4) is 0 Å². The average molecular weight is 416 g/mol. The SMILES string of the molecule is CCNC(c1ccc(OCC)cc1)c1cc(Cl)ccc1I. The van der Waals surface area contributed by atoms with E-state index in [1.807, 2.05) is 31.2 Å². The van der Waals surface area contributed by atoms with Crippen molar-refractivity contribution in [3.8, 4) is 5.75 Å². The standard InChI is InChI=1S/C17H19ClINO/c1-3-20-17(15-11-13(18)7-10-16(15)19)12-5-8-14(9-6-12)21-4-2/h5-11,17,20H,3-4H2,1-2H3. The fraction of sp³-hybridized carbons (Fsp3) is 0.294. The van der Waals surface area contributed by atoms with Gasteiger partial charge in [-0.25, -0.2) is 0 Å². The predicted molar refractivity (Wildman–Crippen MR) is 97.3 cm³/mol. The van der Waals surface area contributed by atoms with E-state index in [1.54, 1.807) is 0 Å². The third-order valence-corrected chi connectivity index (χ3v) is 4.42. The first-order chi connectivity index (χ1) is 10.2. The van der Waals surface area contributed by atoms with Gasteiger partial charge in [-0.3, -0.25) is 0 Å².